The molecule has 9 nitrogen and oxygen atoms in total. The first-order chi connectivity index (χ1) is 12.1. The maximum atomic E-state index is 11.6. The number of aliphatic imine (C=N–C) groups is 1. The first-order valence-corrected chi connectivity index (χ1v) is 7.92. The molecule has 9 heteroatoms. The molecule has 2 aromatic heterocycles. The van der Waals surface area contributed by atoms with E-state index in [1.807, 2.05) is 10.7 Å². The second kappa shape index (κ2) is 7.28. The molecule has 0 aliphatic carbocycles. The van der Waals surface area contributed by atoms with E-state index in [1.165, 1.54) is 12.4 Å². The Morgan fingerprint density at radius 2 is 2.12 bits per heavy atom. The highest BCUT2D eigenvalue weighted by atomic mass is 16.5. The number of rotatable bonds is 2. The van der Waals surface area contributed by atoms with Crippen molar-refractivity contribution in [1.29, 1.82) is 0 Å². The minimum absolute atomic E-state index is 0.0251. The Morgan fingerprint density at radius 1 is 1.36 bits per heavy atom. The summed E-state index contributed by atoms with van der Waals surface area (Å²) in [7, 11) is 0. The summed E-state index contributed by atoms with van der Waals surface area (Å²) in [6.07, 6.45) is 2.08. The van der Waals surface area contributed by atoms with Gasteiger partial charge in [0.25, 0.3) is 5.56 Å². The summed E-state index contributed by atoms with van der Waals surface area (Å²) in [4.78, 5) is 19.7. The van der Waals surface area contributed by atoms with Crippen LogP contribution in [-0.4, -0.2) is 50.8 Å². The highest BCUT2D eigenvalue weighted by Crippen LogP contribution is 2.40. The Bertz CT molecular complexity index is 850. The average molecular weight is 348 g/mol. The predicted molar refractivity (Wildman–Crippen MR) is 91.3 cm³/mol. The fraction of sp³-hybridized carbons (Fsp3) is 0.438. The quantitative estimate of drug-likeness (QED) is 0.562. The molecule has 4 N–H and O–H groups in total. The van der Waals surface area contributed by atoms with E-state index in [4.69, 9.17) is 14.9 Å². The van der Waals surface area contributed by atoms with Crippen LogP contribution in [0, 0.1) is 5.92 Å². The summed E-state index contributed by atoms with van der Waals surface area (Å²) in [5.41, 5.74) is 4.48. The molecule has 1 saturated heterocycles. The molecule has 2 aliphatic heterocycles. The Balaban J connectivity index is 0.000000569. The van der Waals surface area contributed by atoms with Gasteiger partial charge < -0.3 is 20.1 Å². The van der Waals surface area contributed by atoms with Crippen LogP contribution in [0.3, 0.4) is 0 Å². The van der Waals surface area contributed by atoms with Crippen LogP contribution in [0.2, 0.25) is 0 Å². The van der Waals surface area contributed by atoms with Crippen molar-refractivity contribution in [2.75, 3.05) is 18.8 Å². The van der Waals surface area contributed by atoms with Gasteiger partial charge >= 0.3 is 0 Å². The molecule has 4 rings (SSSR count). The predicted octanol–water partition coefficient (Wildman–Crippen LogP) is 0.000300. The molecule has 134 valence electrons. The Kier molecular flexibility index (Phi) is 5.09. The van der Waals surface area contributed by atoms with Crippen LogP contribution in [0.4, 0.5) is 5.82 Å². The molecule has 0 amide bonds. The van der Waals surface area contributed by atoms with Crippen LogP contribution >= 0.6 is 0 Å². The third-order valence-electron chi connectivity index (χ3n) is 4.25. The van der Waals surface area contributed by atoms with Gasteiger partial charge in [-0.1, -0.05) is 6.92 Å². The van der Waals surface area contributed by atoms with Gasteiger partial charge in [-0.05, 0) is 24.5 Å². The zero-order chi connectivity index (χ0) is 18.0. The lowest BCUT2D eigenvalue weighted by Crippen LogP contribution is -2.21. The number of hydrogen-bond donors (Lipinski definition) is 4. The van der Waals surface area contributed by atoms with Crippen LogP contribution in [0.25, 0.3) is 10.9 Å². The fourth-order valence-electron chi connectivity index (χ4n) is 3.26. The lowest BCUT2D eigenvalue weighted by molar-refractivity contribution is 0.00250. The summed E-state index contributed by atoms with van der Waals surface area (Å²) < 4.78 is 7.82. The van der Waals surface area contributed by atoms with Crippen LogP contribution < -0.4 is 11.0 Å². The maximum absolute atomic E-state index is 11.6. The van der Waals surface area contributed by atoms with E-state index in [2.05, 4.69) is 22.3 Å². The normalized spacial score (nSPS) is 23.9. The van der Waals surface area contributed by atoms with Crippen LogP contribution in [0.5, 0.6) is 0 Å². The van der Waals surface area contributed by atoms with Crippen LogP contribution in [-0.2, 0) is 4.74 Å². The molecule has 2 aromatic rings. The molecule has 0 bridgehead atoms. The van der Waals surface area contributed by atoms with Gasteiger partial charge in [0.2, 0.25) is 0 Å². The van der Waals surface area contributed by atoms with Crippen LogP contribution in [0.15, 0.2) is 28.0 Å². The smallest absolute Gasteiger partial charge is 0.271 e. The molecule has 3 unspecified atom stereocenters. The number of aromatic nitrogens is 2. The molecule has 2 aliphatic rings. The highest BCUT2D eigenvalue weighted by Gasteiger charge is 2.35. The van der Waals surface area contributed by atoms with Gasteiger partial charge in [0.05, 0.1) is 18.4 Å². The van der Waals surface area contributed by atoms with E-state index < -0.39 is 6.79 Å². The van der Waals surface area contributed by atoms with Gasteiger partial charge in [0.1, 0.15) is 24.8 Å². The monoisotopic (exact) mass is 348 g/mol. The summed E-state index contributed by atoms with van der Waals surface area (Å²) in [6.45, 7) is 1.38. The minimum atomic E-state index is -0.750. The maximum Gasteiger partial charge on any atom is 0.271 e. The third-order valence-corrected chi connectivity index (χ3v) is 4.25. The average Bonchev–Trinajstić information content (AvgIpc) is 3.09. The summed E-state index contributed by atoms with van der Waals surface area (Å²) in [5.74, 6) is 0.693. The van der Waals surface area contributed by atoms with Gasteiger partial charge in [0, 0.05) is 11.5 Å². The first kappa shape index (κ1) is 17.5. The third kappa shape index (κ3) is 3.27. The van der Waals surface area contributed by atoms with Crippen molar-refractivity contribution >= 4 is 23.1 Å². The number of nitrogens with zero attached hydrogens (tertiary/aromatic N) is 3. The largest absolute Gasteiger partial charge is 0.394 e. The molecular weight excluding hydrogens is 328 g/mol. The summed E-state index contributed by atoms with van der Waals surface area (Å²) >= 11 is 0. The molecule has 1 fully saturated rings. The lowest BCUT2D eigenvalue weighted by atomic mass is 9.99. The van der Waals surface area contributed by atoms with Gasteiger partial charge in [-0.15, -0.1) is 0 Å². The lowest BCUT2D eigenvalue weighted by Gasteiger charge is -2.19. The summed E-state index contributed by atoms with van der Waals surface area (Å²) in [5, 5.41) is 24.5. The van der Waals surface area contributed by atoms with Crippen molar-refractivity contribution in [2.24, 2.45) is 10.9 Å². The Morgan fingerprint density at radius 3 is 2.80 bits per heavy atom. The molecule has 0 saturated carbocycles. The minimum Gasteiger partial charge on any atom is -0.394 e. The van der Waals surface area contributed by atoms with Gasteiger partial charge in [0.15, 0.2) is 5.82 Å². The number of aliphatic hydroxyl groups is 3. The number of ether oxygens (including phenoxy) is 1. The van der Waals surface area contributed by atoms with E-state index in [-0.39, 0.29) is 24.4 Å². The van der Waals surface area contributed by atoms with Crippen LogP contribution in [0.1, 0.15) is 25.1 Å². The topological polar surface area (TPSA) is 129 Å². The molecule has 25 heavy (non-hydrogen) atoms. The fourth-order valence-corrected chi connectivity index (χ4v) is 3.26. The first-order valence-electron chi connectivity index (χ1n) is 7.92. The van der Waals surface area contributed by atoms with E-state index >= 15 is 0 Å². The Hall–Kier alpha value is -2.33. The van der Waals surface area contributed by atoms with Crippen molar-refractivity contribution in [3.05, 3.63) is 34.2 Å². The standard InChI is InChI=1S/C15H16N4O3.CH4O2/c1-8-4-10(6-20)22-14(8)11-5-9-2-3-12(21)18-15-13(9)19(11)17-7-16-15;2-1-3/h2-3,5,7-8,10,14,20H,4,6H2,1H3,(H,16,17,18,21);2-3H,1H2. The zero-order valence-corrected chi connectivity index (χ0v) is 13.7. The van der Waals surface area contributed by atoms with Crippen molar-refractivity contribution in [3.63, 3.8) is 0 Å². The van der Waals surface area contributed by atoms with E-state index in [1.54, 1.807) is 6.07 Å². The van der Waals surface area contributed by atoms with Crippen molar-refractivity contribution in [2.45, 2.75) is 25.6 Å². The second-order valence-electron chi connectivity index (χ2n) is 5.92. The second-order valence-corrected chi connectivity index (χ2v) is 5.92. The van der Waals surface area contributed by atoms with Crippen molar-refractivity contribution < 1.29 is 20.1 Å². The zero-order valence-electron chi connectivity index (χ0n) is 13.7. The SMILES string of the molecule is CC1CC(CO)OC1c1cc2ccc(=O)nc3c2n1NC=N3.OCO. The number of aliphatic hydroxyl groups excluding tert-OH is 2. The molecule has 0 spiro atoms. The molecule has 0 radical (unpaired) electrons. The molecule has 0 aromatic carbocycles. The van der Waals surface area contributed by atoms with Gasteiger partial charge in [-0.2, -0.15) is 4.98 Å². The van der Waals surface area contributed by atoms with Crippen molar-refractivity contribution in [3.8, 4) is 0 Å². The number of hydrogen-bond acceptors (Lipinski definition) is 8. The molecule has 3 atom stereocenters. The molecular formula is C16H20N4O5. The van der Waals surface area contributed by atoms with E-state index in [0.29, 0.717) is 11.7 Å². The highest BCUT2D eigenvalue weighted by molar-refractivity contribution is 5.93. The van der Waals surface area contributed by atoms with Gasteiger partial charge in [-0.3, -0.25) is 14.9 Å². The van der Waals surface area contributed by atoms with Crippen molar-refractivity contribution in [1.82, 2.24) is 9.66 Å². The van der Waals surface area contributed by atoms with Gasteiger partial charge in [-0.25, -0.2) is 4.99 Å². The van der Waals surface area contributed by atoms with E-state index in [9.17, 15) is 9.90 Å². The molecule has 4 heterocycles. The Labute approximate surface area is 143 Å². The van der Waals surface area contributed by atoms with E-state index in [0.717, 1.165) is 23.0 Å². The summed E-state index contributed by atoms with van der Waals surface area (Å²) in [6, 6.07) is 5.18. The number of nitrogens with one attached hydrogen (secondary N) is 1.